The maximum atomic E-state index is 8.93. The van der Waals surface area contributed by atoms with E-state index in [4.69, 9.17) is 19.8 Å². The van der Waals surface area contributed by atoms with E-state index in [-0.39, 0.29) is 42.1 Å². The number of aliphatic carboxylic acids is 2. The van der Waals surface area contributed by atoms with Crippen LogP contribution in [0.5, 0.6) is 0 Å². The molecule has 0 amide bonds. The zero-order valence-electron chi connectivity index (χ0n) is 4.13. The van der Waals surface area contributed by atoms with Gasteiger partial charge in [-0.05, 0) is 0 Å². The van der Waals surface area contributed by atoms with Crippen LogP contribution in [0.4, 0.5) is 0 Å². The van der Waals surface area contributed by atoms with Crippen molar-refractivity contribution in [3.63, 3.8) is 0 Å². The Morgan fingerprint density at radius 3 is 1.00 bits per heavy atom. The molecule has 0 radical (unpaired) electrons. The van der Waals surface area contributed by atoms with Crippen molar-refractivity contribution >= 4 is 11.9 Å². The van der Waals surface area contributed by atoms with Crippen LogP contribution in [0.2, 0.25) is 0 Å². The summed E-state index contributed by atoms with van der Waals surface area (Å²) in [7, 11) is 0. The summed E-state index contributed by atoms with van der Waals surface area (Å²) >= 11 is 0. The van der Waals surface area contributed by atoms with Crippen LogP contribution >= 0.6 is 0 Å². The Morgan fingerprint density at radius 1 is 0.889 bits per heavy atom. The normalized spacial score (nSPS) is 4.89. The fourth-order valence-corrected chi connectivity index (χ4v) is 0. The first-order valence-electron chi connectivity index (χ1n) is 1.07. The van der Waals surface area contributed by atoms with Crippen LogP contribution in [0.15, 0.2) is 0 Å². The van der Waals surface area contributed by atoms with Gasteiger partial charge >= 0.3 is 31.1 Å². The number of carbonyl (C=O) groups is 2. The van der Waals surface area contributed by atoms with Gasteiger partial charge in [0, 0.05) is 0 Å². The van der Waals surface area contributed by atoms with E-state index < -0.39 is 11.9 Å². The molecule has 0 rings (SSSR count). The van der Waals surface area contributed by atoms with Gasteiger partial charge in [0.1, 0.15) is 0 Å². The standard InChI is InChI=1S/C2H2O4.2H2O.U/c3-1(4)2(5)6;;;/h(H,3,4)(H,5,6);2*1H2;/q;;;+2/p-2. The monoisotopic (exact) mass is 362 g/mol. The predicted octanol–water partition coefficient (Wildman–Crippen LogP) is -5.16. The first-order chi connectivity index (χ1) is 2.64. The van der Waals surface area contributed by atoms with E-state index in [1.54, 1.807) is 0 Å². The zero-order valence-corrected chi connectivity index (χ0v) is 8.30. The second kappa shape index (κ2) is 10.8. The molecular formula is C2H4O6U. The number of hydrogen-bond acceptors (Lipinski definition) is 4. The van der Waals surface area contributed by atoms with Crippen LogP contribution in [0.3, 0.4) is 0 Å². The SMILES string of the molecule is O.O.O=C([O-])C(=O)[O-].[U+2]. The van der Waals surface area contributed by atoms with Crippen LogP contribution in [0.1, 0.15) is 0 Å². The van der Waals surface area contributed by atoms with Gasteiger partial charge in [-0.25, -0.2) is 0 Å². The van der Waals surface area contributed by atoms with Crippen LogP contribution in [-0.2, 0) is 9.59 Å². The summed E-state index contributed by atoms with van der Waals surface area (Å²) in [5.41, 5.74) is 0. The molecule has 0 atom stereocenters. The van der Waals surface area contributed by atoms with Crippen LogP contribution in [0.25, 0.3) is 0 Å². The summed E-state index contributed by atoms with van der Waals surface area (Å²) in [5.74, 6) is -4.37. The average molecular weight is 362 g/mol. The average Bonchev–Trinajstić information content (AvgIpc) is 1.36. The second-order valence-corrected chi connectivity index (χ2v) is 0.575. The summed E-state index contributed by atoms with van der Waals surface area (Å²) in [6, 6.07) is 0. The molecule has 0 aliphatic carbocycles. The molecule has 0 heterocycles. The van der Waals surface area contributed by atoms with Gasteiger partial charge in [0.15, 0.2) is 0 Å². The van der Waals surface area contributed by atoms with Gasteiger partial charge in [0.25, 0.3) is 0 Å². The molecule has 0 aliphatic heterocycles. The van der Waals surface area contributed by atoms with Crippen molar-refractivity contribution in [2.45, 2.75) is 0 Å². The molecule has 0 aliphatic rings. The maximum absolute atomic E-state index is 8.93. The third-order valence-corrected chi connectivity index (χ3v) is 0.167. The van der Waals surface area contributed by atoms with E-state index in [0.29, 0.717) is 0 Å². The van der Waals surface area contributed by atoms with Crippen molar-refractivity contribution in [3.05, 3.63) is 0 Å². The van der Waals surface area contributed by atoms with Crippen molar-refractivity contribution in [1.82, 2.24) is 0 Å². The largest absolute Gasteiger partial charge is 2.00 e. The molecule has 52 valence electrons. The van der Waals surface area contributed by atoms with E-state index in [2.05, 4.69) is 0 Å². The van der Waals surface area contributed by atoms with Crippen molar-refractivity contribution in [2.75, 3.05) is 0 Å². The third kappa shape index (κ3) is 18.1. The molecule has 0 fully saturated rings. The summed E-state index contributed by atoms with van der Waals surface area (Å²) in [6.07, 6.45) is 0. The third-order valence-electron chi connectivity index (χ3n) is 0.167. The molecule has 0 aromatic heterocycles. The molecule has 7 heteroatoms. The minimum absolute atomic E-state index is 0. The van der Waals surface area contributed by atoms with Crippen molar-refractivity contribution < 1.29 is 61.9 Å². The fraction of sp³-hybridized carbons (Fsp3) is 0. The zero-order chi connectivity index (χ0) is 5.15. The number of carboxylic acids is 2. The number of carbonyl (C=O) groups excluding carboxylic acids is 2. The molecule has 0 spiro atoms. The number of hydrogen-bond donors (Lipinski definition) is 0. The van der Waals surface area contributed by atoms with Gasteiger partial charge in [-0.2, -0.15) is 0 Å². The Balaban J connectivity index is -0.0000000417. The molecule has 9 heavy (non-hydrogen) atoms. The molecule has 4 N–H and O–H groups in total. The number of rotatable bonds is 0. The quantitative estimate of drug-likeness (QED) is 0.397. The van der Waals surface area contributed by atoms with Crippen molar-refractivity contribution in [1.29, 1.82) is 0 Å². The van der Waals surface area contributed by atoms with E-state index in [1.807, 2.05) is 0 Å². The first-order valence-corrected chi connectivity index (χ1v) is 1.07. The van der Waals surface area contributed by atoms with Crippen LogP contribution in [0, 0.1) is 31.1 Å². The molecule has 0 aromatic rings. The minimum atomic E-state index is -2.19. The smallest absolute Gasteiger partial charge is 0.543 e. The summed E-state index contributed by atoms with van der Waals surface area (Å²) in [6.45, 7) is 0. The van der Waals surface area contributed by atoms with Gasteiger partial charge < -0.3 is 30.8 Å². The molecule has 0 saturated carbocycles. The molecule has 0 aromatic carbocycles. The topological polar surface area (TPSA) is 143 Å². The van der Waals surface area contributed by atoms with Crippen molar-refractivity contribution in [3.8, 4) is 0 Å². The van der Waals surface area contributed by atoms with Crippen LogP contribution in [-0.4, -0.2) is 22.9 Å². The molecule has 0 bridgehead atoms. The summed E-state index contributed by atoms with van der Waals surface area (Å²) < 4.78 is 0. The maximum Gasteiger partial charge on any atom is 2.00 e. The van der Waals surface area contributed by atoms with E-state index in [0.717, 1.165) is 0 Å². The number of carboxylic acid groups (broad SMARTS) is 2. The summed E-state index contributed by atoms with van der Waals surface area (Å²) in [4.78, 5) is 17.9. The van der Waals surface area contributed by atoms with Gasteiger partial charge in [-0.3, -0.25) is 0 Å². The Morgan fingerprint density at radius 2 is 1.00 bits per heavy atom. The van der Waals surface area contributed by atoms with Gasteiger partial charge in [0.05, 0.1) is 11.9 Å². The van der Waals surface area contributed by atoms with Gasteiger partial charge in [0.2, 0.25) is 0 Å². The van der Waals surface area contributed by atoms with Gasteiger partial charge in [-0.15, -0.1) is 0 Å². The molecule has 6 nitrogen and oxygen atoms in total. The Hall–Kier alpha value is -0.0881. The van der Waals surface area contributed by atoms with Gasteiger partial charge in [-0.1, -0.05) is 0 Å². The van der Waals surface area contributed by atoms with E-state index in [1.165, 1.54) is 0 Å². The fourth-order valence-electron chi connectivity index (χ4n) is 0. The van der Waals surface area contributed by atoms with E-state index >= 15 is 0 Å². The van der Waals surface area contributed by atoms with E-state index in [9.17, 15) is 0 Å². The van der Waals surface area contributed by atoms with Crippen molar-refractivity contribution in [2.24, 2.45) is 0 Å². The Kier molecular flexibility index (Phi) is 27.8. The Bertz CT molecular complexity index is 77.1. The summed E-state index contributed by atoms with van der Waals surface area (Å²) in [5, 5.41) is 17.9. The minimum Gasteiger partial charge on any atom is -0.543 e. The second-order valence-electron chi connectivity index (χ2n) is 0.575. The first kappa shape index (κ1) is 23.1. The molecular weight excluding hydrogens is 358 g/mol. The molecule has 0 unspecified atom stereocenters. The molecule has 0 saturated heterocycles. The Labute approximate surface area is 73.9 Å². The van der Waals surface area contributed by atoms with Crippen LogP contribution < -0.4 is 10.2 Å². The predicted molar refractivity (Wildman–Crippen MR) is 17.2 cm³/mol.